The maximum Gasteiger partial charge on any atom is 0.252 e. The van der Waals surface area contributed by atoms with E-state index in [1.807, 2.05) is 24.3 Å². The molecule has 0 fully saturated rings. The van der Waals surface area contributed by atoms with Gasteiger partial charge in [-0.25, -0.2) is 0 Å². The van der Waals surface area contributed by atoms with Crippen LogP contribution >= 0.6 is 27.5 Å². The minimum atomic E-state index is -0.407. The Balaban J connectivity index is 0.000000180. The lowest BCUT2D eigenvalue weighted by Crippen LogP contribution is -1.84. The van der Waals surface area contributed by atoms with Crippen LogP contribution in [0.15, 0.2) is 60.7 Å². The predicted octanol–water partition coefficient (Wildman–Crippen LogP) is 4.29. The molecular weight excluding hydrogens is 316 g/mol. The smallest absolute Gasteiger partial charge is 0.252 e. The van der Waals surface area contributed by atoms with Crippen LogP contribution in [0, 0.1) is 0 Å². The normalized spacial score (nSPS) is 9.00. The van der Waals surface area contributed by atoms with Crippen molar-refractivity contribution >= 4 is 37.5 Å². The van der Waals surface area contributed by atoms with Gasteiger partial charge in [-0.05, 0) is 27.5 Å². The number of rotatable bonds is 2. The quantitative estimate of drug-likeness (QED) is 0.772. The second-order valence-corrected chi connectivity index (χ2v) is 4.34. The Labute approximate surface area is 119 Å². The second kappa shape index (κ2) is 7.80. The SMILES string of the molecule is O=C(Br)c1ccccc1.O=C(Cl)c1ccccc1. The summed E-state index contributed by atoms with van der Waals surface area (Å²) >= 11 is 8.01. The third kappa shape index (κ3) is 5.25. The molecule has 0 amide bonds. The van der Waals surface area contributed by atoms with Crippen LogP contribution in [0.5, 0.6) is 0 Å². The molecule has 0 heterocycles. The van der Waals surface area contributed by atoms with Crippen LogP contribution in [-0.2, 0) is 0 Å². The summed E-state index contributed by atoms with van der Waals surface area (Å²) in [5, 5.41) is -0.407. The van der Waals surface area contributed by atoms with E-state index in [0.717, 1.165) is 0 Å². The van der Waals surface area contributed by atoms with Crippen LogP contribution < -0.4 is 0 Å². The van der Waals surface area contributed by atoms with Crippen molar-refractivity contribution in [3.8, 4) is 0 Å². The number of hydrogen-bond donors (Lipinski definition) is 0. The number of halogens is 2. The Hall–Kier alpha value is -1.45. The summed E-state index contributed by atoms with van der Waals surface area (Å²) in [7, 11) is 0. The molecule has 2 aromatic carbocycles. The van der Waals surface area contributed by atoms with Crippen molar-refractivity contribution in [3.63, 3.8) is 0 Å². The molecule has 0 aliphatic heterocycles. The number of carbonyl (C=O) groups excluding carboxylic acids is 2. The second-order valence-electron chi connectivity index (χ2n) is 3.28. The summed E-state index contributed by atoms with van der Waals surface area (Å²) < 4.78 is -0.0666. The molecule has 18 heavy (non-hydrogen) atoms. The van der Waals surface area contributed by atoms with Crippen LogP contribution in [0.2, 0.25) is 0 Å². The molecule has 0 bridgehead atoms. The zero-order chi connectivity index (χ0) is 13.4. The lowest BCUT2D eigenvalue weighted by atomic mass is 10.2. The van der Waals surface area contributed by atoms with Gasteiger partial charge in [-0.3, -0.25) is 9.59 Å². The molecule has 0 aromatic heterocycles. The Kier molecular flexibility index (Phi) is 6.33. The van der Waals surface area contributed by atoms with Crippen LogP contribution in [0.1, 0.15) is 20.7 Å². The molecule has 4 heteroatoms. The average Bonchev–Trinajstić information content (AvgIpc) is 2.41. The Morgan fingerprint density at radius 2 is 1.17 bits per heavy atom. The predicted molar refractivity (Wildman–Crippen MR) is 76.3 cm³/mol. The van der Waals surface area contributed by atoms with Crippen molar-refractivity contribution in [1.82, 2.24) is 0 Å². The fourth-order valence-corrected chi connectivity index (χ4v) is 1.53. The van der Waals surface area contributed by atoms with E-state index in [0.29, 0.717) is 11.1 Å². The summed E-state index contributed by atoms with van der Waals surface area (Å²) in [5.41, 5.74) is 1.23. The number of hydrogen-bond acceptors (Lipinski definition) is 2. The van der Waals surface area contributed by atoms with Crippen molar-refractivity contribution in [1.29, 1.82) is 0 Å². The van der Waals surface area contributed by atoms with E-state index in [9.17, 15) is 9.59 Å². The molecule has 2 rings (SSSR count). The van der Waals surface area contributed by atoms with Gasteiger partial charge in [0.15, 0.2) is 0 Å². The molecule has 2 nitrogen and oxygen atoms in total. The van der Waals surface area contributed by atoms with E-state index < -0.39 is 5.24 Å². The highest BCUT2D eigenvalue weighted by atomic mass is 79.9. The van der Waals surface area contributed by atoms with Gasteiger partial charge in [0.2, 0.25) is 4.69 Å². The van der Waals surface area contributed by atoms with E-state index in [1.54, 1.807) is 36.4 Å². The molecule has 0 aliphatic rings. The summed E-state index contributed by atoms with van der Waals surface area (Å²) in [6, 6.07) is 17.8. The summed E-state index contributed by atoms with van der Waals surface area (Å²) in [4.78, 5) is 21.0. The van der Waals surface area contributed by atoms with Gasteiger partial charge in [-0.2, -0.15) is 0 Å². The monoisotopic (exact) mass is 324 g/mol. The molecule has 0 spiro atoms. The maximum absolute atomic E-state index is 10.6. The first-order valence-electron chi connectivity index (χ1n) is 5.11. The summed E-state index contributed by atoms with van der Waals surface area (Å²) in [6.07, 6.45) is 0. The van der Waals surface area contributed by atoms with E-state index in [-0.39, 0.29) is 4.69 Å². The number of carbonyl (C=O) groups is 2. The molecule has 0 saturated carbocycles. The molecule has 0 unspecified atom stereocenters. The van der Waals surface area contributed by atoms with Gasteiger partial charge in [0.1, 0.15) is 0 Å². The first-order valence-corrected chi connectivity index (χ1v) is 6.28. The average molecular weight is 326 g/mol. The summed E-state index contributed by atoms with van der Waals surface area (Å²) in [6.45, 7) is 0. The minimum Gasteiger partial charge on any atom is -0.281 e. The topological polar surface area (TPSA) is 34.1 Å². The molecule has 0 N–H and O–H groups in total. The molecular formula is C14H10BrClO2. The third-order valence-corrected chi connectivity index (χ3v) is 2.68. The lowest BCUT2D eigenvalue weighted by Gasteiger charge is -1.87. The van der Waals surface area contributed by atoms with Gasteiger partial charge in [-0.15, -0.1) is 0 Å². The first kappa shape index (κ1) is 14.6. The van der Waals surface area contributed by atoms with Crippen molar-refractivity contribution in [2.75, 3.05) is 0 Å². The lowest BCUT2D eigenvalue weighted by molar-refractivity contribution is 0.107. The van der Waals surface area contributed by atoms with Crippen molar-refractivity contribution in [3.05, 3.63) is 71.8 Å². The van der Waals surface area contributed by atoms with Crippen LogP contribution in [0.25, 0.3) is 0 Å². The Bertz CT molecular complexity index is 462. The zero-order valence-electron chi connectivity index (χ0n) is 9.35. The fourth-order valence-electron chi connectivity index (χ4n) is 1.14. The zero-order valence-corrected chi connectivity index (χ0v) is 11.7. The standard InChI is InChI=1S/C7H5BrO.C7H5ClO/c2*8-7(9)6-4-2-1-3-5-6/h2*1-5H. The molecule has 0 radical (unpaired) electrons. The largest absolute Gasteiger partial charge is 0.281 e. The van der Waals surface area contributed by atoms with E-state index in [2.05, 4.69) is 15.9 Å². The van der Waals surface area contributed by atoms with E-state index >= 15 is 0 Å². The van der Waals surface area contributed by atoms with Crippen LogP contribution in [-0.4, -0.2) is 9.93 Å². The fraction of sp³-hybridized carbons (Fsp3) is 0. The minimum absolute atomic E-state index is 0.0666. The third-order valence-electron chi connectivity index (χ3n) is 2.00. The molecule has 92 valence electrons. The molecule has 0 atom stereocenters. The van der Waals surface area contributed by atoms with E-state index in [1.165, 1.54) is 0 Å². The first-order chi connectivity index (χ1) is 8.61. The maximum atomic E-state index is 10.6. The van der Waals surface area contributed by atoms with Gasteiger partial charge in [-0.1, -0.05) is 60.7 Å². The van der Waals surface area contributed by atoms with Gasteiger partial charge >= 0.3 is 0 Å². The van der Waals surface area contributed by atoms with Crippen molar-refractivity contribution < 1.29 is 9.59 Å². The van der Waals surface area contributed by atoms with Crippen LogP contribution in [0.3, 0.4) is 0 Å². The van der Waals surface area contributed by atoms with Gasteiger partial charge in [0.05, 0.1) is 0 Å². The van der Waals surface area contributed by atoms with E-state index in [4.69, 9.17) is 11.6 Å². The highest BCUT2D eigenvalue weighted by Crippen LogP contribution is 2.03. The number of benzene rings is 2. The highest BCUT2D eigenvalue weighted by Gasteiger charge is 1.96. The van der Waals surface area contributed by atoms with Crippen molar-refractivity contribution in [2.24, 2.45) is 0 Å². The van der Waals surface area contributed by atoms with Gasteiger partial charge in [0, 0.05) is 11.1 Å². The van der Waals surface area contributed by atoms with Crippen molar-refractivity contribution in [2.45, 2.75) is 0 Å². The summed E-state index contributed by atoms with van der Waals surface area (Å²) in [5.74, 6) is 0. The van der Waals surface area contributed by atoms with Gasteiger partial charge in [0.25, 0.3) is 5.24 Å². The van der Waals surface area contributed by atoms with Crippen LogP contribution in [0.4, 0.5) is 0 Å². The molecule has 0 aliphatic carbocycles. The molecule has 2 aromatic rings. The Morgan fingerprint density at radius 3 is 1.39 bits per heavy atom. The van der Waals surface area contributed by atoms with Gasteiger partial charge < -0.3 is 0 Å². The molecule has 0 saturated heterocycles. The highest BCUT2D eigenvalue weighted by molar-refractivity contribution is 9.18. The Morgan fingerprint density at radius 1 is 0.778 bits per heavy atom.